The normalized spacial score (nSPS) is 11.5. The van der Waals surface area contributed by atoms with Gasteiger partial charge in [-0.25, -0.2) is 18.2 Å². The van der Waals surface area contributed by atoms with Crippen molar-refractivity contribution in [3.8, 4) is 10.6 Å². The molecule has 0 saturated heterocycles. The molecule has 0 radical (unpaired) electrons. The number of rotatable bonds is 7. The van der Waals surface area contributed by atoms with Crippen molar-refractivity contribution in [2.45, 2.75) is 25.7 Å². The zero-order valence-electron chi connectivity index (χ0n) is 18.7. The van der Waals surface area contributed by atoms with Crippen LogP contribution in [0.4, 0.5) is 5.00 Å². The number of hydrogen-bond donors (Lipinski definition) is 1. The topological polar surface area (TPSA) is 102 Å². The van der Waals surface area contributed by atoms with Crippen LogP contribution in [0, 0.1) is 6.92 Å². The van der Waals surface area contributed by atoms with Gasteiger partial charge in [0.2, 0.25) is 0 Å². The Morgan fingerprint density at radius 3 is 2.38 bits per heavy atom. The number of benzene rings is 2. The summed E-state index contributed by atoms with van der Waals surface area (Å²) in [6.07, 6.45) is 0. The lowest BCUT2D eigenvalue weighted by Crippen LogP contribution is -2.12. The molecule has 1 amide bonds. The van der Waals surface area contributed by atoms with E-state index < -0.39 is 21.7 Å². The van der Waals surface area contributed by atoms with Gasteiger partial charge in [-0.1, -0.05) is 19.1 Å². The molecule has 176 valence electrons. The number of carbonyl (C=O) groups excluding carboxylic acids is 2. The van der Waals surface area contributed by atoms with E-state index in [4.69, 9.17) is 9.72 Å². The number of para-hydroxylation sites is 1. The fourth-order valence-corrected chi connectivity index (χ4v) is 6.51. The quantitative estimate of drug-likeness (QED) is 0.324. The predicted molar refractivity (Wildman–Crippen MR) is 136 cm³/mol. The van der Waals surface area contributed by atoms with Crippen LogP contribution in [-0.2, 0) is 14.6 Å². The highest BCUT2D eigenvalue weighted by Crippen LogP contribution is 2.43. The van der Waals surface area contributed by atoms with Gasteiger partial charge in [-0.3, -0.25) is 4.79 Å². The van der Waals surface area contributed by atoms with Gasteiger partial charge in [0.25, 0.3) is 5.91 Å². The van der Waals surface area contributed by atoms with Crippen molar-refractivity contribution in [1.82, 2.24) is 4.98 Å². The first-order valence-electron chi connectivity index (χ1n) is 10.6. The molecule has 2 heterocycles. The summed E-state index contributed by atoms with van der Waals surface area (Å²) in [5, 5.41) is 4.06. The molecule has 0 bridgehead atoms. The minimum Gasteiger partial charge on any atom is -0.462 e. The molecule has 0 aliphatic heterocycles. The lowest BCUT2D eigenvalue weighted by molar-refractivity contribution is 0.0531. The summed E-state index contributed by atoms with van der Waals surface area (Å²) >= 11 is 2.61. The standard InChI is InChI=1S/C24H22N2O5S3/c1-4-31-24(28)20-14(3)19(22-25-17-8-6-7-9-18(17)32-22)23(33-20)26-21(27)15-10-12-16(13-11-15)34(29,30)5-2/h6-13H,4-5H2,1-3H3,(H,26,27). The van der Waals surface area contributed by atoms with Crippen molar-refractivity contribution in [2.75, 3.05) is 17.7 Å². The Morgan fingerprint density at radius 2 is 1.74 bits per heavy atom. The average molecular weight is 515 g/mol. The van der Waals surface area contributed by atoms with Crippen molar-refractivity contribution < 1.29 is 22.7 Å². The number of sulfone groups is 1. The fourth-order valence-electron chi connectivity index (χ4n) is 3.39. The second-order valence-corrected chi connectivity index (χ2v) is 11.7. The molecule has 0 spiro atoms. The molecule has 4 rings (SSSR count). The van der Waals surface area contributed by atoms with Gasteiger partial charge in [0.15, 0.2) is 9.84 Å². The molecule has 2 aromatic carbocycles. The molecule has 1 N–H and O–H groups in total. The first-order chi connectivity index (χ1) is 16.2. The molecule has 0 aliphatic rings. The van der Waals surface area contributed by atoms with Crippen molar-refractivity contribution in [3.05, 3.63) is 64.5 Å². The van der Waals surface area contributed by atoms with Crippen LogP contribution in [0.1, 0.15) is 39.4 Å². The zero-order valence-corrected chi connectivity index (χ0v) is 21.2. The predicted octanol–water partition coefficient (Wildman–Crippen LogP) is 5.56. The highest BCUT2D eigenvalue weighted by molar-refractivity contribution is 7.91. The number of nitrogens with zero attached hydrogens (tertiary/aromatic N) is 1. The summed E-state index contributed by atoms with van der Waals surface area (Å²) in [7, 11) is -3.36. The summed E-state index contributed by atoms with van der Waals surface area (Å²) < 4.78 is 30.3. The Morgan fingerprint density at radius 1 is 1.03 bits per heavy atom. The van der Waals surface area contributed by atoms with Crippen molar-refractivity contribution in [1.29, 1.82) is 0 Å². The maximum Gasteiger partial charge on any atom is 0.348 e. The number of anilines is 1. The van der Waals surface area contributed by atoms with Crippen LogP contribution in [0.25, 0.3) is 20.8 Å². The fraction of sp³-hybridized carbons (Fsp3) is 0.208. The van der Waals surface area contributed by atoms with Gasteiger partial charge in [-0.15, -0.1) is 22.7 Å². The van der Waals surface area contributed by atoms with Crippen LogP contribution in [0.5, 0.6) is 0 Å². The zero-order chi connectivity index (χ0) is 24.5. The SMILES string of the molecule is CCOC(=O)c1sc(NC(=O)c2ccc(S(=O)(=O)CC)cc2)c(-c2nc3ccccc3s2)c1C. The summed E-state index contributed by atoms with van der Waals surface area (Å²) in [6.45, 7) is 5.35. The maximum atomic E-state index is 13.0. The smallest absolute Gasteiger partial charge is 0.348 e. The molecule has 10 heteroatoms. The van der Waals surface area contributed by atoms with E-state index in [1.807, 2.05) is 31.2 Å². The number of esters is 1. The lowest BCUT2D eigenvalue weighted by atomic mass is 10.1. The number of thiazole rings is 1. The number of thiophene rings is 1. The van der Waals surface area contributed by atoms with Gasteiger partial charge >= 0.3 is 5.97 Å². The first-order valence-corrected chi connectivity index (χ1v) is 13.8. The Kier molecular flexibility index (Phi) is 6.83. The van der Waals surface area contributed by atoms with E-state index in [2.05, 4.69) is 5.32 Å². The lowest BCUT2D eigenvalue weighted by Gasteiger charge is -2.07. The number of hydrogen-bond acceptors (Lipinski definition) is 8. The van der Waals surface area contributed by atoms with E-state index in [1.54, 1.807) is 13.8 Å². The number of carbonyl (C=O) groups is 2. The molecule has 0 aliphatic carbocycles. The number of amides is 1. The Labute approximate surface area is 205 Å². The van der Waals surface area contributed by atoms with Crippen LogP contribution < -0.4 is 5.32 Å². The Balaban J connectivity index is 1.73. The molecular weight excluding hydrogens is 492 g/mol. The minimum atomic E-state index is -3.36. The molecule has 0 atom stereocenters. The Bertz CT molecular complexity index is 1450. The largest absolute Gasteiger partial charge is 0.462 e. The molecule has 34 heavy (non-hydrogen) atoms. The van der Waals surface area contributed by atoms with Crippen LogP contribution in [0.3, 0.4) is 0 Å². The average Bonchev–Trinajstić information content (AvgIpc) is 3.39. The van der Waals surface area contributed by atoms with E-state index >= 15 is 0 Å². The van der Waals surface area contributed by atoms with Gasteiger partial charge < -0.3 is 10.1 Å². The van der Waals surface area contributed by atoms with E-state index in [0.29, 0.717) is 31.6 Å². The molecule has 0 saturated carbocycles. The van der Waals surface area contributed by atoms with E-state index in [9.17, 15) is 18.0 Å². The molecule has 0 fully saturated rings. The highest BCUT2D eigenvalue weighted by Gasteiger charge is 2.25. The summed E-state index contributed by atoms with van der Waals surface area (Å²) in [5.41, 5.74) is 2.49. The van der Waals surface area contributed by atoms with Gasteiger partial charge in [-0.2, -0.15) is 0 Å². The van der Waals surface area contributed by atoms with Gasteiger partial charge in [0, 0.05) is 11.1 Å². The van der Waals surface area contributed by atoms with Crippen molar-refractivity contribution >= 4 is 59.6 Å². The highest BCUT2D eigenvalue weighted by atomic mass is 32.2. The van der Waals surface area contributed by atoms with E-state index in [1.165, 1.54) is 35.6 Å². The molecular formula is C24H22N2O5S3. The Hall–Kier alpha value is -3.08. The van der Waals surface area contributed by atoms with Crippen LogP contribution >= 0.6 is 22.7 Å². The van der Waals surface area contributed by atoms with Gasteiger partial charge in [-0.05, 0) is 55.8 Å². The monoisotopic (exact) mass is 514 g/mol. The first kappa shape index (κ1) is 24.1. The molecule has 7 nitrogen and oxygen atoms in total. The second kappa shape index (κ2) is 9.65. The van der Waals surface area contributed by atoms with Gasteiger partial charge in [0.05, 0.1) is 27.5 Å². The third kappa shape index (κ3) is 4.61. The minimum absolute atomic E-state index is 0.0187. The number of fused-ring (bicyclic) bond motifs is 1. The second-order valence-electron chi connectivity index (χ2n) is 7.35. The number of ether oxygens (including phenoxy) is 1. The van der Waals surface area contributed by atoms with Crippen LogP contribution in [0.2, 0.25) is 0 Å². The molecule has 4 aromatic rings. The third-order valence-electron chi connectivity index (χ3n) is 5.20. The van der Waals surface area contributed by atoms with Crippen LogP contribution in [-0.4, -0.2) is 37.6 Å². The van der Waals surface area contributed by atoms with Crippen LogP contribution in [0.15, 0.2) is 53.4 Å². The number of aromatic nitrogens is 1. The third-order valence-corrected chi connectivity index (χ3v) is 9.19. The number of nitrogens with one attached hydrogen (secondary N) is 1. The van der Waals surface area contributed by atoms with E-state index in [-0.39, 0.29) is 17.3 Å². The summed E-state index contributed by atoms with van der Waals surface area (Å²) in [6, 6.07) is 13.5. The molecule has 0 unspecified atom stereocenters. The summed E-state index contributed by atoms with van der Waals surface area (Å²) in [5.74, 6) is -0.892. The van der Waals surface area contributed by atoms with Crippen molar-refractivity contribution in [3.63, 3.8) is 0 Å². The summed E-state index contributed by atoms with van der Waals surface area (Å²) in [4.78, 5) is 30.9. The van der Waals surface area contributed by atoms with Crippen molar-refractivity contribution in [2.24, 2.45) is 0 Å². The molecule has 2 aromatic heterocycles. The van der Waals surface area contributed by atoms with Gasteiger partial charge in [0.1, 0.15) is 14.9 Å². The maximum absolute atomic E-state index is 13.0. The van der Waals surface area contributed by atoms with E-state index in [0.717, 1.165) is 21.6 Å².